The Morgan fingerprint density at radius 3 is 2.52 bits per heavy atom. The van der Waals surface area contributed by atoms with Crippen molar-refractivity contribution in [1.29, 1.82) is 0 Å². The molecule has 3 rings (SSSR count). The molecule has 1 aliphatic rings. The van der Waals surface area contributed by atoms with Crippen LogP contribution in [0.4, 0.5) is 4.39 Å². The number of esters is 1. The van der Waals surface area contributed by atoms with E-state index in [1.165, 1.54) is 40.7 Å². The SMILES string of the molecule is CC1CN(S(=O)(=O)c2cc(C(=O)OCc3ccccc3F)ccc2Cl)CC(C)O1. The highest BCUT2D eigenvalue weighted by atomic mass is 35.5. The lowest BCUT2D eigenvalue weighted by molar-refractivity contribution is -0.0440. The molecule has 0 N–H and O–H groups in total. The van der Waals surface area contributed by atoms with Gasteiger partial charge in [-0.2, -0.15) is 4.31 Å². The number of rotatable bonds is 5. The number of halogens is 2. The zero-order valence-corrected chi connectivity index (χ0v) is 17.5. The molecule has 2 unspecified atom stereocenters. The van der Waals surface area contributed by atoms with E-state index in [1.54, 1.807) is 19.9 Å². The quantitative estimate of drug-likeness (QED) is 0.662. The largest absolute Gasteiger partial charge is 0.457 e. The maximum absolute atomic E-state index is 13.7. The number of nitrogens with zero attached hydrogens (tertiary/aromatic N) is 1. The van der Waals surface area contributed by atoms with Crippen LogP contribution in [0.2, 0.25) is 5.02 Å². The van der Waals surface area contributed by atoms with E-state index in [0.29, 0.717) is 0 Å². The van der Waals surface area contributed by atoms with Crippen LogP contribution < -0.4 is 0 Å². The lowest BCUT2D eigenvalue weighted by atomic mass is 10.2. The Balaban J connectivity index is 1.82. The first kappa shape index (κ1) is 21.7. The maximum atomic E-state index is 13.7. The Labute approximate surface area is 174 Å². The summed E-state index contributed by atoms with van der Waals surface area (Å²) in [5.41, 5.74) is 0.234. The van der Waals surface area contributed by atoms with Crippen LogP contribution in [0.15, 0.2) is 47.4 Å². The monoisotopic (exact) mass is 441 g/mol. The summed E-state index contributed by atoms with van der Waals surface area (Å²) in [6.07, 6.45) is -0.526. The molecule has 9 heteroatoms. The van der Waals surface area contributed by atoms with Crippen LogP contribution in [-0.2, 0) is 26.1 Å². The lowest BCUT2D eigenvalue weighted by Crippen LogP contribution is -2.48. The van der Waals surface area contributed by atoms with Crippen LogP contribution in [0.1, 0.15) is 29.8 Å². The van der Waals surface area contributed by atoms with Gasteiger partial charge in [-0.05, 0) is 38.1 Å². The van der Waals surface area contributed by atoms with Gasteiger partial charge in [-0.3, -0.25) is 0 Å². The number of sulfonamides is 1. The van der Waals surface area contributed by atoms with E-state index in [0.717, 1.165) is 0 Å². The topological polar surface area (TPSA) is 72.9 Å². The number of benzene rings is 2. The molecule has 156 valence electrons. The highest BCUT2D eigenvalue weighted by Gasteiger charge is 2.34. The molecule has 2 aromatic carbocycles. The molecule has 1 fully saturated rings. The summed E-state index contributed by atoms with van der Waals surface area (Å²) < 4.78 is 51.8. The number of ether oxygens (including phenoxy) is 2. The van der Waals surface area contributed by atoms with E-state index >= 15 is 0 Å². The van der Waals surface area contributed by atoms with Gasteiger partial charge in [0.05, 0.1) is 22.8 Å². The predicted octanol–water partition coefficient (Wildman–Crippen LogP) is 3.63. The summed E-state index contributed by atoms with van der Waals surface area (Å²) in [4.78, 5) is 12.2. The fourth-order valence-electron chi connectivity index (χ4n) is 3.14. The summed E-state index contributed by atoms with van der Waals surface area (Å²) in [7, 11) is -3.93. The highest BCUT2D eigenvalue weighted by molar-refractivity contribution is 7.89. The van der Waals surface area contributed by atoms with E-state index in [4.69, 9.17) is 21.1 Å². The Kier molecular flexibility index (Phi) is 6.58. The summed E-state index contributed by atoms with van der Waals surface area (Å²) in [6, 6.07) is 9.82. The summed E-state index contributed by atoms with van der Waals surface area (Å²) in [5, 5.41) is 0.00227. The number of carbonyl (C=O) groups excluding carboxylic acids is 1. The minimum absolute atomic E-state index is 0.00227. The lowest BCUT2D eigenvalue weighted by Gasteiger charge is -2.34. The first-order chi connectivity index (χ1) is 13.7. The molecule has 2 aromatic rings. The van der Waals surface area contributed by atoms with Crippen molar-refractivity contribution in [2.45, 2.75) is 37.6 Å². The van der Waals surface area contributed by atoms with Crippen molar-refractivity contribution in [3.8, 4) is 0 Å². The fraction of sp³-hybridized carbons (Fsp3) is 0.350. The Morgan fingerprint density at radius 2 is 1.86 bits per heavy atom. The molecule has 0 saturated carbocycles. The third kappa shape index (κ3) is 4.95. The summed E-state index contributed by atoms with van der Waals surface area (Å²) in [5.74, 6) is -1.26. The van der Waals surface area contributed by atoms with Crippen molar-refractivity contribution >= 4 is 27.6 Å². The first-order valence-corrected chi connectivity index (χ1v) is 10.9. The third-order valence-electron chi connectivity index (χ3n) is 4.49. The minimum atomic E-state index is -3.93. The second-order valence-electron chi connectivity index (χ2n) is 6.89. The van der Waals surface area contributed by atoms with Crippen molar-refractivity contribution < 1.29 is 27.1 Å². The molecule has 2 atom stereocenters. The van der Waals surface area contributed by atoms with Crippen molar-refractivity contribution in [3.05, 3.63) is 64.4 Å². The molecule has 0 spiro atoms. The number of carbonyl (C=O) groups is 1. The molecule has 0 bridgehead atoms. The molecule has 0 aromatic heterocycles. The van der Waals surface area contributed by atoms with Gasteiger partial charge in [0.2, 0.25) is 10.0 Å². The average molecular weight is 442 g/mol. The van der Waals surface area contributed by atoms with Gasteiger partial charge in [-0.15, -0.1) is 0 Å². The molecular formula is C20H21ClFNO5S. The maximum Gasteiger partial charge on any atom is 0.338 e. The van der Waals surface area contributed by atoms with Gasteiger partial charge >= 0.3 is 5.97 Å². The Morgan fingerprint density at radius 1 is 1.21 bits per heavy atom. The predicted molar refractivity (Wildman–Crippen MR) is 106 cm³/mol. The second-order valence-corrected chi connectivity index (χ2v) is 9.21. The molecule has 1 heterocycles. The molecule has 0 radical (unpaired) electrons. The minimum Gasteiger partial charge on any atom is -0.457 e. The summed E-state index contributed by atoms with van der Waals surface area (Å²) in [6.45, 7) is 3.68. The van der Waals surface area contributed by atoms with Gasteiger partial charge in [0.25, 0.3) is 0 Å². The Hall–Kier alpha value is -2.00. The molecule has 6 nitrogen and oxygen atoms in total. The van der Waals surface area contributed by atoms with E-state index in [9.17, 15) is 17.6 Å². The van der Waals surface area contributed by atoms with Crippen LogP contribution in [0.5, 0.6) is 0 Å². The standard InChI is InChI=1S/C20H21ClFNO5S/c1-13-10-23(11-14(2)28-13)29(25,26)19-9-15(7-8-17(19)21)20(24)27-12-16-5-3-4-6-18(16)22/h3-9,13-14H,10-12H2,1-2H3. The van der Waals surface area contributed by atoms with Crippen LogP contribution in [0.3, 0.4) is 0 Å². The van der Waals surface area contributed by atoms with Gasteiger partial charge in [-0.1, -0.05) is 29.8 Å². The molecule has 1 saturated heterocycles. The third-order valence-corrected chi connectivity index (χ3v) is 6.80. The van der Waals surface area contributed by atoms with Crippen LogP contribution in [-0.4, -0.2) is 44.0 Å². The van der Waals surface area contributed by atoms with Crippen molar-refractivity contribution in [2.75, 3.05) is 13.1 Å². The van der Waals surface area contributed by atoms with Crippen LogP contribution in [0, 0.1) is 5.82 Å². The smallest absolute Gasteiger partial charge is 0.338 e. The zero-order valence-electron chi connectivity index (χ0n) is 16.0. The van der Waals surface area contributed by atoms with E-state index < -0.39 is 21.8 Å². The molecule has 0 aliphatic carbocycles. The van der Waals surface area contributed by atoms with Crippen molar-refractivity contribution in [1.82, 2.24) is 4.31 Å². The summed E-state index contributed by atoms with van der Waals surface area (Å²) >= 11 is 6.13. The van der Waals surface area contributed by atoms with Gasteiger partial charge < -0.3 is 9.47 Å². The zero-order chi connectivity index (χ0) is 21.2. The normalized spacial score (nSPS) is 20.4. The van der Waals surface area contributed by atoms with E-state index in [1.807, 2.05) is 0 Å². The van der Waals surface area contributed by atoms with Gasteiger partial charge in [0.1, 0.15) is 17.3 Å². The fourth-order valence-corrected chi connectivity index (χ4v) is 5.23. The van der Waals surface area contributed by atoms with Crippen molar-refractivity contribution in [2.24, 2.45) is 0 Å². The van der Waals surface area contributed by atoms with Gasteiger partial charge in [-0.25, -0.2) is 17.6 Å². The molecular weight excluding hydrogens is 421 g/mol. The van der Waals surface area contributed by atoms with Gasteiger partial charge in [0.15, 0.2) is 0 Å². The molecule has 29 heavy (non-hydrogen) atoms. The van der Waals surface area contributed by atoms with Crippen LogP contribution in [0.25, 0.3) is 0 Å². The first-order valence-electron chi connectivity index (χ1n) is 9.04. The second kappa shape index (κ2) is 8.79. The molecule has 1 aliphatic heterocycles. The van der Waals surface area contributed by atoms with Crippen molar-refractivity contribution in [3.63, 3.8) is 0 Å². The van der Waals surface area contributed by atoms with E-state index in [2.05, 4.69) is 0 Å². The highest BCUT2D eigenvalue weighted by Crippen LogP contribution is 2.28. The van der Waals surface area contributed by atoms with Crippen LogP contribution >= 0.6 is 11.6 Å². The van der Waals surface area contributed by atoms with Gasteiger partial charge in [0, 0.05) is 18.7 Å². The number of hydrogen-bond donors (Lipinski definition) is 0. The van der Waals surface area contributed by atoms with E-state index in [-0.39, 0.29) is 52.9 Å². The molecule has 0 amide bonds. The number of morpholine rings is 1. The average Bonchev–Trinajstić information content (AvgIpc) is 2.66. The number of hydrogen-bond acceptors (Lipinski definition) is 5. The Bertz CT molecular complexity index is 1000.